The van der Waals surface area contributed by atoms with E-state index >= 15 is 0 Å². The number of ether oxygens (including phenoxy) is 1. The Morgan fingerprint density at radius 2 is 2.20 bits per heavy atom. The van der Waals surface area contributed by atoms with E-state index in [0.29, 0.717) is 0 Å². The Hall–Kier alpha value is 0.360. The number of hydrogen-bond donors (Lipinski definition) is 2. The quantitative estimate of drug-likeness (QED) is 0.595. The largest absolute Gasteiger partial charge is 0.394 e. The summed E-state index contributed by atoms with van der Waals surface area (Å²) in [6.45, 7) is 1.74. The highest BCUT2D eigenvalue weighted by Gasteiger charge is 2.38. The Bertz CT molecular complexity index is 120. The van der Waals surface area contributed by atoms with E-state index in [1.165, 1.54) is 0 Å². The van der Waals surface area contributed by atoms with Gasteiger partial charge in [0.05, 0.1) is 29.7 Å². The summed E-state index contributed by atoms with van der Waals surface area (Å²) in [6, 6.07) is 0. The predicted octanol–water partition coefficient (Wildman–Crippen LogP) is -0.110. The van der Waals surface area contributed by atoms with Crippen molar-refractivity contribution in [2.75, 3.05) is 6.61 Å². The number of aliphatic hydroxyl groups is 2. The first kappa shape index (κ1) is 8.46. The van der Waals surface area contributed by atoms with E-state index in [1.807, 2.05) is 0 Å². The molecule has 0 aliphatic carbocycles. The summed E-state index contributed by atoms with van der Waals surface area (Å²) in [5.41, 5.74) is 0. The maximum absolute atomic E-state index is 9.28. The Labute approximate surface area is 68.1 Å². The first-order chi connectivity index (χ1) is 4.66. The van der Waals surface area contributed by atoms with E-state index < -0.39 is 6.10 Å². The molecule has 0 bridgehead atoms. The van der Waals surface area contributed by atoms with Crippen molar-refractivity contribution in [3.8, 4) is 0 Å². The van der Waals surface area contributed by atoms with E-state index in [-0.39, 0.29) is 23.6 Å². The zero-order chi connectivity index (χ0) is 7.72. The second-order valence-electron chi connectivity index (χ2n) is 2.50. The van der Waals surface area contributed by atoms with Crippen LogP contribution in [0.15, 0.2) is 0 Å². The van der Waals surface area contributed by atoms with Crippen molar-refractivity contribution in [1.29, 1.82) is 0 Å². The molecule has 0 saturated carbocycles. The van der Waals surface area contributed by atoms with Gasteiger partial charge in [-0.2, -0.15) is 0 Å². The molecule has 0 aromatic carbocycles. The Balaban J connectivity index is 2.53. The third-order valence-corrected chi connectivity index (χ3v) is 2.86. The van der Waals surface area contributed by atoms with Crippen molar-refractivity contribution in [1.82, 2.24) is 0 Å². The highest BCUT2D eigenvalue weighted by atomic mass is 79.9. The normalized spacial score (nSPS) is 48.0. The van der Waals surface area contributed by atoms with Crippen LogP contribution in [-0.2, 0) is 4.74 Å². The van der Waals surface area contributed by atoms with Crippen molar-refractivity contribution < 1.29 is 14.9 Å². The molecule has 0 amide bonds. The minimum atomic E-state index is -0.503. The Morgan fingerprint density at radius 3 is 2.40 bits per heavy atom. The van der Waals surface area contributed by atoms with Crippen LogP contribution in [0.5, 0.6) is 0 Å². The van der Waals surface area contributed by atoms with Gasteiger partial charge in [-0.15, -0.1) is 0 Å². The van der Waals surface area contributed by atoms with Gasteiger partial charge in [0.25, 0.3) is 0 Å². The fraction of sp³-hybridized carbons (Fsp3) is 1.00. The van der Waals surface area contributed by atoms with Gasteiger partial charge in [0, 0.05) is 0 Å². The first-order valence-corrected chi connectivity index (χ1v) is 4.17. The summed E-state index contributed by atoms with van der Waals surface area (Å²) in [4.78, 5) is -0.132. The number of alkyl halides is 1. The third-order valence-electron chi connectivity index (χ3n) is 1.73. The molecule has 3 nitrogen and oxygen atoms in total. The summed E-state index contributed by atoms with van der Waals surface area (Å²) in [5.74, 6) is 0. The zero-order valence-corrected chi connectivity index (χ0v) is 7.28. The third kappa shape index (κ3) is 1.34. The average molecular weight is 211 g/mol. The predicted molar refractivity (Wildman–Crippen MR) is 40.1 cm³/mol. The fourth-order valence-electron chi connectivity index (χ4n) is 1.05. The van der Waals surface area contributed by atoms with Crippen LogP contribution in [-0.4, -0.2) is 40.0 Å². The van der Waals surface area contributed by atoms with Gasteiger partial charge < -0.3 is 14.9 Å². The molecule has 1 saturated heterocycles. The smallest absolute Gasteiger partial charge is 0.0961 e. The number of hydrogen-bond acceptors (Lipinski definition) is 3. The van der Waals surface area contributed by atoms with Crippen molar-refractivity contribution >= 4 is 15.9 Å². The van der Waals surface area contributed by atoms with Crippen molar-refractivity contribution in [2.45, 2.75) is 30.1 Å². The molecule has 4 heteroatoms. The molecule has 4 atom stereocenters. The molecular formula is C6H11BrO3. The molecular weight excluding hydrogens is 200 g/mol. The molecule has 1 unspecified atom stereocenters. The number of halogens is 1. The second-order valence-corrected chi connectivity index (χ2v) is 3.55. The summed E-state index contributed by atoms with van der Waals surface area (Å²) < 4.78 is 5.19. The fourth-order valence-corrected chi connectivity index (χ4v) is 1.78. The van der Waals surface area contributed by atoms with E-state index in [2.05, 4.69) is 15.9 Å². The molecule has 0 aromatic heterocycles. The summed E-state index contributed by atoms with van der Waals surface area (Å²) in [5, 5.41) is 18.0. The lowest BCUT2D eigenvalue weighted by molar-refractivity contribution is 0.000899. The topological polar surface area (TPSA) is 49.7 Å². The van der Waals surface area contributed by atoms with Gasteiger partial charge in [-0.05, 0) is 6.92 Å². The van der Waals surface area contributed by atoms with Gasteiger partial charge in [-0.25, -0.2) is 0 Å². The molecule has 0 spiro atoms. The van der Waals surface area contributed by atoms with Gasteiger partial charge in [-0.1, -0.05) is 15.9 Å². The molecule has 1 fully saturated rings. The van der Waals surface area contributed by atoms with Crippen LogP contribution in [0.25, 0.3) is 0 Å². The summed E-state index contributed by atoms with van der Waals surface area (Å²) in [7, 11) is 0. The molecule has 1 heterocycles. The van der Waals surface area contributed by atoms with Crippen LogP contribution in [0.2, 0.25) is 0 Å². The summed E-state index contributed by atoms with van der Waals surface area (Å²) in [6.07, 6.45) is -0.941. The molecule has 1 aliphatic heterocycles. The molecule has 10 heavy (non-hydrogen) atoms. The highest BCUT2D eigenvalue weighted by molar-refractivity contribution is 9.09. The zero-order valence-electron chi connectivity index (χ0n) is 5.70. The Kier molecular flexibility index (Phi) is 2.68. The standard InChI is InChI=1S/C6H11BrO3/c1-3-6(9)5(7)4(2-8)10-3/h3-6,8-9H,2H2,1H3/t3-,4?,5+,6+/m0/s1. The Morgan fingerprint density at radius 1 is 1.60 bits per heavy atom. The molecule has 1 aliphatic rings. The molecule has 0 aromatic rings. The van der Waals surface area contributed by atoms with Crippen LogP contribution in [0, 0.1) is 0 Å². The lowest BCUT2D eigenvalue weighted by atomic mass is 10.1. The highest BCUT2D eigenvalue weighted by Crippen LogP contribution is 2.26. The minimum absolute atomic E-state index is 0.0443. The van der Waals surface area contributed by atoms with E-state index in [9.17, 15) is 5.11 Å². The maximum atomic E-state index is 9.28. The van der Waals surface area contributed by atoms with Gasteiger partial charge in [0.2, 0.25) is 0 Å². The summed E-state index contributed by atoms with van der Waals surface area (Å²) >= 11 is 3.24. The second kappa shape index (κ2) is 3.17. The van der Waals surface area contributed by atoms with E-state index in [1.54, 1.807) is 6.92 Å². The maximum Gasteiger partial charge on any atom is 0.0961 e. The molecule has 0 radical (unpaired) electrons. The SMILES string of the molecule is C[C@@H]1OC(CO)[C@@H](Br)[C@@H]1O. The molecule has 60 valence electrons. The van der Waals surface area contributed by atoms with Gasteiger partial charge in [0.15, 0.2) is 0 Å². The van der Waals surface area contributed by atoms with Crippen molar-refractivity contribution in [3.05, 3.63) is 0 Å². The molecule has 2 N–H and O–H groups in total. The van der Waals surface area contributed by atoms with Crippen LogP contribution in [0.3, 0.4) is 0 Å². The van der Waals surface area contributed by atoms with Crippen molar-refractivity contribution in [3.63, 3.8) is 0 Å². The van der Waals surface area contributed by atoms with Crippen LogP contribution < -0.4 is 0 Å². The van der Waals surface area contributed by atoms with Crippen LogP contribution in [0.1, 0.15) is 6.92 Å². The van der Waals surface area contributed by atoms with Gasteiger partial charge in [0.1, 0.15) is 0 Å². The van der Waals surface area contributed by atoms with E-state index in [0.717, 1.165) is 0 Å². The lowest BCUT2D eigenvalue weighted by Crippen LogP contribution is -2.27. The number of rotatable bonds is 1. The molecule has 1 rings (SSSR count). The van der Waals surface area contributed by atoms with Crippen LogP contribution >= 0.6 is 15.9 Å². The number of aliphatic hydroxyl groups excluding tert-OH is 2. The monoisotopic (exact) mass is 210 g/mol. The van der Waals surface area contributed by atoms with Crippen LogP contribution in [0.4, 0.5) is 0 Å². The minimum Gasteiger partial charge on any atom is -0.394 e. The lowest BCUT2D eigenvalue weighted by Gasteiger charge is -2.09. The average Bonchev–Trinajstić information content (AvgIpc) is 2.17. The van der Waals surface area contributed by atoms with Gasteiger partial charge in [-0.3, -0.25) is 0 Å². The van der Waals surface area contributed by atoms with Gasteiger partial charge >= 0.3 is 0 Å². The van der Waals surface area contributed by atoms with E-state index in [4.69, 9.17) is 9.84 Å². The van der Waals surface area contributed by atoms with Crippen molar-refractivity contribution in [2.24, 2.45) is 0 Å². The first-order valence-electron chi connectivity index (χ1n) is 3.25.